The van der Waals surface area contributed by atoms with Gasteiger partial charge in [0.1, 0.15) is 24.2 Å². The van der Waals surface area contributed by atoms with Gasteiger partial charge in [0.15, 0.2) is 0 Å². The standard InChI is InChI=1S/C33H60N4O8/c1-20(2)26(30(40)36-28(22(5)6)32(42)43)34-24(38)18-16-14-12-10-9-11-13-15-17-19-25(39)35-27(21(3)4)31(41)37-29(23(7)8)33(44)45/h20-23,26-29H,9-19H2,1-8H3,(H,34,38)(H,35,39)(H,36,40)(H,37,41)(H,42,43)(H,44,45)/t26-,27-,28-,29-/m0/s1. The first kappa shape index (κ1) is 41.8. The maximum Gasteiger partial charge on any atom is 0.326 e. The summed E-state index contributed by atoms with van der Waals surface area (Å²) in [6.07, 6.45) is 8.98. The SMILES string of the molecule is CC(C)[C@H](NC(=O)[C@@H](NC(=O)CCCCCCCCCCCC(=O)N[C@H](C(=O)N[C@H](C(=O)O)C(C)C)C(C)C)C(C)C)C(=O)O. The van der Waals surface area contributed by atoms with Gasteiger partial charge in [-0.2, -0.15) is 0 Å². The van der Waals surface area contributed by atoms with Crippen LogP contribution in [0.1, 0.15) is 126 Å². The molecule has 0 aliphatic rings. The average molecular weight is 641 g/mol. The van der Waals surface area contributed by atoms with Crippen molar-refractivity contribution in [1.82, 2.24) is 21.3 Å². The molecule has 0 aliphatic heterocycles. The highest BCUT2D eigenvalue weighted by Gasteiger charge is 2.31. The summed E-state index contributed by atoms with van der Waals surface area (Å²) in [5.41, 5.74) is 0. The fourth-order valence-corrected chi connectivity index (χ4v) is 4.88. The quantitative estimate of drug-likeness (QED) is 0.0853. The zero-order valence-corrected chi connectivity index (χ0v) is 28.7. The number of carboxylic acids is 2. The molecular weight excluding hydrogens is 580 g/mol. The van der Waals surface area contributed by atoms with E-state index in [-0.39, 0.29) is 35.5 Å². The summed E-state index contributed by atoms with van der Waals surface area (Å²) >= 11 is 0. The van der Waals surface area contributed by atoms with Gasteiger partial charge in [-0.25, -0.2) is 9.59 Å². The van der Waals surface area contributed by atoms with Crippen molar-refractivity contribution < 1.29 is 39.0 Å². The van der Waals surface area contributed by atoms with Crippen LogP contribution in [0.5, 0.6) is 0 Å². The fourth-order valence-electron chi connectivity index (χ4n) is 4.88. The lowest BCUT2D eigenvalue weighted by molar-refractivity contribution is -0.144. The van der Waals surface area contributed by atoms with E-state index in [0.717, 1.165) is 44.9 Å². The van der Waals surface area contributed by atoms with Gasteiger partial charge >= 0.3 is 11.9 Å². The monoisotopic (exact) mass is 640 g/mol. The Labute approximate surface area is 269 Å². The minimum absolute atomic E-state index is 0.184. The molecule has 0 spiro atoms. The van der Waals surface area contributed by atoms with Gasteiger partial charge in [-0.1, -0.05) is 100 Å². The van der Waals surface area contributed by atoms with Crippen LogP contribution in [0.15, 0.2) is 0 Å². The highest BCUT2D eigenvalue weighted by Crippen LogP contribution is 2.13. The Morgan fingerprint density at radius 2 is 0.644 bits per heavy atom. The average Bonchev–Trinajstić information content (AvgIpc) is 2.93. The third kappa shape index (κ3) is 17.8. The van der Waals surface area contributed by atoms with Crippen molar-refractivity contribution in [3.05, 3.63) is 0 Å². The van der Waals surface area contributed by atoms with Crippen LogP contribution >= 0.6 is 0 Å². The van der Waals surface area contributed by atoms with E-state index in [9.17, 15) is 39.0 Å². The number of hydrogen-bond acceptors (Lipinski definition) is 6. The zero-order valence-electron chi connectivity index (χ0n) is 28.7. The third-order valence-corrected chi connectivity index (χ3v) is 7.80. The molecule has 0 bridgehead atoms. The van der Waals surface area contributed by atoms with Crippen molar-refractivity contribution in [3.8, 4) is 0 Å². The van der Waals surface area contributed by atoms with Crippen LogP contribution in [0.4, 0.5) is 0 Å². The molecule has 0 radical (unpaired) electrons. The number of aliphatic carboxylic acids is 2. The minimum atomic E-state index is -1.10. The molecule has 0 unspecified atom stereocenters. The second kappa shape index (κ2) is 22.3. The smallest absolute Gasteiger partial charge is 0.326 e. The van der Waals surface area contributed by atoms with E-state index in [1.807, 2.05) is 27.7 Å². The Balaban J connectivity index is 4.20. The number of rotatable bonds is 24. The second-order valence-electron chi connectivity index (χ2n) is 13.4. The summed E-state index contributed by atoms with van der Waals surface area (Å²) in [7, 11) is 0. The number of carbonyl (C=O) groups excluding carboxylic acids is 4. The maximum atomic E-state index is 12.6. The first-order valence-corrected chi connectivity index (χ1v) is 16.6. The molecule has 6 N–H and O–H groups in total. The first-order chi connectivity index (χ1) is 21.0. The van der Waals surface area contributed by atoms with Crippen LogP contribution in [0.25, 0.3) is 0 Å². The van der Waals surface area contributed by atoms with E-state index >= 15 is 0 Å². The van der Waals surface area contributed by atoms with Crippen LogP contribution in [-0.2, 0) is 28.8 Å². The summed E-state index contributed by atoms with van der Waals surface area (Å²) in [6.45, 7) is 14.1. The second-order valence-corrected chi connectivity index (χ2v) is 13.4. The minimum Gasteiger partial charge on any atom is -0.480 e. The van der Waals surface area contributed by atoms with Crippen LogP contribution < -0.4 is 21.3 Å². The molecule has 0 saturated carbocycles. The number of nitrogens with one attached hydrogen (secondary N) is 4. The molecule has 0 rings (SSSR count). The number of hydrogen-bond donors (Lipinski definition) is 6. The van der Waals surface area contributed by atoms with Crippen molar-refractivity contribution >= 4 is 35.6 Å². The lowest BCUT2D eigenvalue weighted by atomic mass is 10.00. The van der Waals surface area contributed by atoms with Gasteiger partial charge in [0, 0.05) is 12.8 Å². The molecule has 0 heterocycles. The van der Waals surface area contributed by atoms with Crippen molar-refractivity contribution in [2.24, 2.45) is 23.7 Å². The largest absolute Gasteiger partial charge is 0.480 e. The molecular formula is C33H60N4O8. The predicted molar refractivity (Wildman–Crippen MR) is 173 cm³/mol. The van der Waals surface area contributed by atoms with Gasteiger partial charge in [-0.3, -0.25) is 19.2 Å². The molecule has 12 heteroatoms. The topological polar surface area (TPSA) is 191 Å². The molecule has 0 aromatic heterocycles. The number of carboxylic acid groups (broad SMARTS) is 2. The Morgan fingerprint density at radius 1 is 0.400 bits per heavy atom. The Hall–Kier alpha value is -3.18. The van der Waals surface area contributed by atoms with Crippen LogP contribution in [0.2, 0.25) is 0 Å². The lowest BCUT2D eigenvalue weighted by Crippen LogP contribution is -2.54. The molecule has 0 aliphatic carbocycles. The van der Waals surface area contributed by atoms with Crippen LogP contribution in [0, 0.1) is 23.7 Å². The van der Waals surface area contributed by atoms with Crippen LogP contribution in [-0.4, -0.2) is 69.9 Å². The van der Waals surface area contributed by atoms with Crippen molar-refractivity contribution in [2.45, 2.75) is 150 Å². The Morgan fingerprint density at radius 3 is 0.867 bits per heavy atom. The molecule has 0 saturated heterocycles. The van der Waals surface area contributed by atoms with Crippen LogP contribution in [0.3, 0.4) is 0 Å². The Bertz CT molecular complexity index is 877. The predicted octanol–water partition coefficient (Wildman–Crippen LogP) is 4.01. The molecule has 45 heavy (non-hydrogen) atoms. The molecule has 0 fully saturated rings. The number of unbranched alkanes of at least 4 members (excludes halogenated alkanes) is 8. The highest BCUT2D eigenvalue weighted by molar-refractivity contribution is 5.91. The molecule has 4 amide bonds. The van der Waals surface area contributed by atoms with Gasteiger partial charge < -0.3 is 31.5 Å². The lowest BCUT2D eigenvalue weighted by Gasteiger charge is -2.25. The van der Waals surface area contributed by atoms with Crippen molar-refractivity contribution in [3.63, 3.8) is 0 Å². The van der Waals surface area contributed by atoms with Crippen molar-refractivity contribution in [2.75, 3.05) is 0 Å². The first-order valence-electron chi connectivity index (χ1n) is 16.6. The summed E-state index contributed by atoms with van der Waals surface area (Å²) in [5.74, 6) is -4.54. The van der Waals surface area contributed by atoms with E-state index in [1.54, 1.807) is 27.7 Å². The van der Waals surface area contributed by atoms with E-state index in [2.05, 4.69) is 21.3 Å². The van der Waals surface area contributed by atoms with Gasteiger partial charge in [-0.05, 0) is 36.5 Å². The van der Waals surface area contributed by atoms with Gasteiger partial charge in [0.2, 0.25) is 23.6 Å². The number of carbonyl (C=O) groups is 6. The van der Waals surface area contributed by atoms with Gasteiger partial charge in [-0.15, -0.1) is 0 Å². The van der Waals surface area contributed by atoms with E-state index < -0.39 is 47.9 Å². The Kier molecular flexibility index (Phi) is 20.8. The van der Waals surface area contributed by atoms with Gasteiger partial charge in [0.05, 0.1) is 0 Å². The van der Waals surface area contributed by atoms with E-state index in [4.69, 9.17) is 0 Å². The molecule has 260 valence electrons. The third-order valence-electron chi connectivity index (χ3n) is 7.80. The summed E-state index contributed by atoms with van der Waals surface area (Å²) in [6, 6.07) is -3.60. The fraction of sp³-hybridized carbons (Fsp3) is 0.818. The summed E-state index contributed by atoms with van der Waals surface area (Å²) < 4.78 is 0. The van der Waals surface area contributed by atoms with E-state index in [1.165, 1.54) is 0 Å². The zero-order chi connectivity index (χ0) is 34.7. The normalized spacial score (nSPS) is 14.1. The summed E-state index contributed by atoms with van der Waals surface area (Å²) in [4.78, 5) is 73.0. The summed E-state index contributed by atoms with van der Waals surface area (Å²) in [5, 5.41) is 29.3. The molecule has 0 aromatic rings. The van der Waals surface area contributed by atoms with Gasteiger partial charge in [0.25, 0.3) is 0 Å². The molecule has 4 atom stereocenters. The highest BCUT2D eigenvalue weighted by atomic mass is 16.4. The molecule has 0 aromatic carbocycles. The maximum absolute atomic E-state index is 12.6. The molecule has 12 nitrogen and oxygen atoms in total. The van der Waals surface area contributed by atoms with Crippen molar-refractivity contribution in [1.29, 1.82) is 0 Å². The van der Waals surface area contributed by atoms with E-state index in [0.29, 0.717) is 25.7 Å². The number of amides is 4.